The van der Waals surface area contributed by atoms with Crippen LogP contribution in [0.1, 0.15) is 39.0 Å². The van der Waals surface area contributed by atoms with Crippen LogP contribution in [0.25, 0.3) is 0 Å². The van der Waals surface area contributed by atoms with Gasteiger partial charge in [-0.2, -0.15) is 0 Å². The topological polar surface area (TPSA) is 32.5 Å². The van der Waals surface area contributed by atoms with Crippen molar-refractivity contribution < 1.29 is 0 Å². The van der Waals surface area contributed by atoms with Gasteiger partial charge in [-0.05, 0) is 58.8 Å². The quantitative estimate of drug-likeness (QED) is 0.785. The van der Waals surface area contributed by atoms with Gasteiger partial charge in [-0.1, -0.05) is 6.42 Å². The van der Waals surface area contributed by atoms with Crippen LogP contribution < -0.4 is 5.73 Å². The van der Waals surface area contributed by atoms with Gasteiger partial charge in [-0.15, -0.1) is 0 Å². The maximum absolute atomic E-state index is 5.85. The molecule has 0 radical (unpaired) electrons. The molecule has 94 valence electrons. The number of hydrogen-bond donors (Lipinski definition) is 1. The molecule has 0 aliphatic carbocycles. The van der Waals surface area contributed by atoms with Crippen molar-refractivity contribution in [2.75, 3.05) is 32.7 Å². The van der Waals surface area contributed by atoms with Crippen LogP contribution >= 0.6 is 0 Å². The minimum absolute atomic E-state index is 0.325. The molecule has 2 rings (SSSR count). The molecule has 0 spiro atoms. The van der Waals surface area contributed by atoms with Gasteiger partial charge >= 0.3 is 0 Å². The molecule has 1 atom stereocenters. The van der Waals surface area contributed by atoms with Gasteiger partial charge in [0.25, 0.3) is 0 Å². The van der Waals surface area contributed by atoms with Crippen LogP contribution in [0.3, 0.4) is 0 Å². The number of piperidine rings is 2. The Morgan fingerprint density at radius 3 is 2.25 bits per heavy atom. The molecule has 2 N–H and O–H groups in total. The van der Waals surface area contributed by atoms with Crippen molar-refractivity contribution in [3.63, 3.8) is 0 Å². The van der Waals surface area contributed by atoms with Crippen molar-refractivity contribution in [1.82, 2.24) is 9.80 Å². The van der Waals surface area contributed by atoms with Crippen molar-refractivity contribution in [3.8, 4) is 0 Å². The van der Waals surface area contributed by atoms with Gasteiger partial charge in [0.05, 0.1) is 0 Å². The highest BCUT2D eigenvalue weighted by molar-refractivity contribution is 4.82. The van der Waals surface area contributed by atoms with Gasteiger partial charge in [0.15, 0.2) is 0 Å². The number of rotatable bonds is 3. The molecule has 2 saturated heterocycles. The van der Waals surface area contributed by atoms with Crippen molar-refractivity contribution in [3.05, 3.63) is 0 Å². The molecule has 0 amide bonds. The lowest BCUT2D eigenvalue weighted by molar-refractivity contribution is 0.0907. The highest BCUT2D eigenvalue weighted by Gasteiger charge is 2.25. The summed E-state index contributed by atoms with van der Waals surface area (Å²) in [4.78, 5) is 5.26. The van der Waals surface area contributed by atoms with Crippen molar-refractivity contribution in [2.24, 2.45) is 5.73 Å². The highest BCUT2D eigenvalue weighted by atomic mass is 15.2. The molecule has 2 fully saturated rings. The zero-order valence-electron chi connectivity index (χ0n) is 10.7. The van der Waals surface area contributed by atoms with Gasteiger partial charge in [0, 0.05) is 18.6 Å². The Balaban J connectivity index is 1.71. The summed E-state index contributed by atoms with van der Waals surface area (Å²) in [7, 11) is 0. The van der Waals surface area contributed by atoms with Gasteiger partial charge in [-0.25, -0.2) is 0 Å². The summed E-state index contributed by atoms with van der Waals surface area (Å²) in [6.07, 6.45) is 6.99. The second-order valence-electron chi connectivity index (χ2n) is 5.61. The zero-order chi connectivity index (χ0) is 11.4. The van der Waals surface area contributed by atoms with E-state index in [4.69, 9.17) is 5.73 Å². The minimum atomic E-state index is 0.325. The summed E-state index contributed by atoms with van der Waals surface area (Å²) in [6.45, 7) is 8.38. The molecule has 0 bridgehead atoms. The molecule has 0 saturated carbocycles. The first kappa shape index (κ1) is 12.3. The SMILES string of the molecule is CC(N)CN1CCC(N2CCCCC2)CC1. The normalized spacial score (nSPS) is 28.1. The van der Waals surface area contributed by atoms with Crippen LogP contribution in [-0.4, -0.2) is 54.6 Å². The molecule has 0 aromatic rings. The first-order valence-corrected chi connectivity index (χ1v) is 6.97. The van der Waals surface area contributed by atoms with Crippen molar-refractivity contribution in [2.45, 2.75) is 51.1 Å². The lowest BCUT2D eigenvalue weighted by Gasteiger charge is -2.40. The molecule has 2 aliphatic rings. The van der Waals surface area contributed by atoms with Crippen LogP contribution in [0.15, 0.2) is 0 Å². The van der Waals surface area contributed by atoms with Crippen molar-refractivity contribution >= 4 is 0 Å². The van der Waals surface area contributed by atoms with E-state index in [1.54, 1.807) is 0 Å². The van der Waals surface area contributed by atoms with E-state index in [0.29, 0.717) is 6.04 Å². The third kappa shape index (κ3) is 3.44. The molecule has 0 aromatic carbocycles. The van der Waals surface area contributed by atoms with E-state index in [1.165, 1.54) is 58.3 Å². The molecule has 16 heavy (non-hydrogen) atoms. The van der Waals surface area contributed by atoms with E-state index in [1.807, 2.05) is 0 Å². The van der Waals surface area contributed by atoms with Crippen LogP contribution in [0.2, 0.25) is 0 Å². The van der Waals surface area contributed by atoms with Gasteiger partial charge < -0.3 is 15.5 Å². The summed E-state index contributed by atoms with van der Waals surface area (Å²) in [5, 5.41) is 0. The van der Waals surface area contributed by atoms with Gasteiger partial charge in [-0.3, -0.25) is 0 Å². The number of likely N-dealkylation sites (tertiary alicyclic amines) is 2. The standard InChI is InChI=1S/C13H27N3/c1-12(14)11-15-9-5-13(6-10-15)16-7-3-2-4-8-16/h12-13H,2-11,14H2,1H3. The molecule has 2 aliphatic heterocycles. The fourth-order valence-corrected chi connectivity index (χ4v) is 3.16. The van der Waals surface area contributed by atoms with E-state index in [-0.39, 0.29) is 0 Å². The number of nitrogens with two attached hydrogens (primary N) is 1. The molecule has 0 aromatic heterocycles. The summed E-state index contributed by atoms with van der Waals surface area (Å²) in [5.41, 5.74) is 5.85. The maximum Gasteiger partial charge on any atom is 0.0139 e. The third-order valence-electron chi connectivity index (χ3n) is 4.01. The fraction of sp³-hybridized carbons (Fsp3) is 1.00. The molecular formula is C13H27N3. The van der Waals surface area contributed by atoms with E-state index < -0.39 is 0 Å². The predicted molar refractivity (Wildman–Crippen MR) is 68.5 cm³/mol. The Kier molecular flexibility index (Phi) is 4.62. The maximum atomic E-state index is 5.85. The van der Waals surface area contributed by atoms with Gasteiger partial charge in [0.1, 0.15) is 0 Å². The first-order valence-electron chi connectivity index (χ1n) is 6.97. The largest absolute Gasteiger partial charge is 0.327 e. The minimum Gasteiger partial charge on any atom is -0.327 e. The van der Waals surface area contributed by atoms with Gasteiger partial charge in [0.2, 0.25) is 0 Å². The van der Waals surface area contributed by atoms with Crippen LogP contribution in [0.5, 0.6) is 0 Å². The first-order chi connectivity index (χ1) is 7.75. The summed E-state index contributed by atoms with van der Waals surface area (Å²) in [6, 6.07) is 1.19. The van der Waals surface area contributed by atoms with E-state index >= 15 is 0 Å². The second kappa shape index (κ2) is 5.99. The third-order valence-corrected chi connectivity index (χ3v) is 4.01. The average Bonchev–Trinajstić information content (AvgIpc) is 2.30. The Bertz CT molecular complexity index is 191. The van der Waals surface area contributed by atoms with E-state index in [2.05, 4.69) is 16.7 Å². The molecule has 1 unspecified atom stereocenters. The highest BCUT2D eigenvalue weighted by Crippen LogP contribution is 2.20. The molecule has 2 heterocycles. The van der Waals surface area contributed by atoms with Crippen molar-refractivity contribution in [1.29, 1.82) is 0 Å². The zero-order valence-corrected chi connectivity index (χ0v) is 10.7. The van der Waals surface area contributed by atoms with Crippen LogP contribution in [-0.2, 0) is 0 Å². The molecule has 3 nitrogen and oxygen atoms in total. The lowest BCUT2D eigenvalue weighted by Crippen LogP contribution is -2.48. The monoisotopic (exact) mass is 225 g/mol. The average molecular weight is 225 g/mol. The Morgan fingerprint density at radius 2 is 1.69 bits per heavy atom. The number of hydrogen-bond acceptors (Lipinski definition) is 3. The molecular weight excluding hydrogens is 198 g/mol. The fourth-order valence-electron chi connectivity index (χ4n) is 3.16. The van der Waals surface area contributed by atoms with E-state index in [0.717, 1.165) is 12.6 Å². The van der Waals surface area contributed by atoms with Crippen LogP contribution in [0.4, 0.5) is 0 Å². The van der Waals surface area contributed by atoms with Crippen LogP contribution in [0, 0.1) is 0 Å². The van der Waals surface area contributed by atoms with E-state index in [9.17, 15) is 0 Å². The molecule has 3 heteroatoms. The Morgan fingerprint density at radius 1 is 1.06 bits per heavy atom. The Hall–Kier alpha value is -0.120. The summed E-state index contributed by atoms with van der Waals surface area (Å²) in [5.74, 6) is 0. The summed E-state index contributed by atoms with van der Waals surface area (Å²) < 4.78 is 0. The summed E-state index contributed by atoms with van der Waals surface area (Å²) >= 11 is 0. The smallest absolute Gasteiger partial charge is 0.0139 e. The lowest BCUT2D eigenvalue weighted by atomic mass is 10.00. The number of nitrogens with zero attached hydrogens (tertiary/aromatic N) is 2. The Labute approximate surface area is 100.0 Å². The predicted octanol–water partition coefficient (Wildman–Crippen LogP) is 1.28. The second-order valence-corrected chi connectivity index (χ2v) is 5.61.